The zero-order chi connectivity index (χ0) is 20.1. The van der Waals surface area contributed by atoms with Crippen LogP contribution in [-0.2, 0) is 4.79 Å². The van der Waals surface area contributed by atoms with Crippen LogP contribution in [0.5, 0.6) is 0 Å². The van der Waals surface area contributed by atoms with Gasteiger partial charge in [-0.3, -0.25) is 19.3 Å². The molecule has 0 aliphatic heterocycles. The van der Waals surface area contributed by atoms with E-state index in [1.54, 1.807) is 28.8 Å². The Kier molecular flexibility index (Phi) is 5.65. The van der Waals surface area contributed by atoms with Crippen LogP contribution in [0.3, 0.4) is 0 Å². The van der Waals surface area contributed by atoms with Crippen molar-refractivity contribution in [2.75, 3.05) is 5.75 Å². The first-order chi connectivity index (χ1) is 13.5. The fraction of sp³-hybridized carbons (Fsp3) is 0.0588. The number of rotatable bonds is 7. The van der Waals surface area contributed by atoms with E-state index in [-0.39, 0.29) is 17.1 Å². The van der Waals surface area contributed by atoms with Gasteiger partial charge in [-0.15, -0.1) is 0 Å². The second-order valence-electron chi connectivity index (χ2n) is 5.43. The highest BCUT2D eigenvalue weighted by atomic mass is 32.2. The number of aromatic carboxylic acids is 1. The second-order valence-corrected chi connectivity index (χ2v) is 6.39. The lowest BCUT2D eigenvalue weighted by Gasteiger charge is -2.02. The minimum absolute atomic E-state index is 0.0418. The first-order valence-corrected chi connectivity index (χ1v) is 8.84. The molecule has 10 nitrogen and oxygen atoms in total. The van der Waals surface area contributed by atoms with E-state index in [1.165, 1.54) is 30.5 Å². The number of nitrogens with one attached hydrogen (secondary N) is 1. The van der Waals surface area contributed by atoms with Crippen LogP contribution in [0, 0.1) is 10.1 Å². The third-order valence-electron chi connectivity index (χ3n) is 3.54. The standard InChI is InChI=1S/C17H13N5O5S/c23-14(20-18-9-11-4-6-12(7-5-11)22(26)27)10-28-16-15(17(24)25)19-13-3-1-2-8-21(13)16/h1-9H,10H2,(H,20,23)(H,24,25)/b18-9+. The van der Waals surface area contributed by atoms with Gasteiger partial charge in [0.25, 0.3) is 5.69 Å². The van der Waals surface area contributed by atoms with Crippen LogP contribution in [-0.4, -0.2) is 43.3 Å². The highest BCUT2D eigenvalue weighted by Crippen LogP contribution is 2.24. The summed E-state index contributed by atoms with van der Waals surface area (Å²) in [5, 5.41) is 24.0. The van der Waals surface area contributed by atoms with Crippen molar-refractivity contribution in [3.63, 3.8) is 0 Å². The number of fused-ring (bicyclic) bond motifs is 1. The summed E-state index contributed by atoms with van der Waals surface area (Å²) in [5.41, 5.74) is 3.21. The molecule has 0 fully saturated rings. The van der Waals surface area contributed by atoms with E-state index in [4.69, 9.17) is 0 Å². The maximum absolute atomic E-state index is 12.0. The van der Waals surface area contributed by atoms with Crippen LogP contribution in [0.15, 0.2) is 58.8 Å². The number of carboxylic acids is 1. The Morgan fingerprint density at radius 1 is 1.29 bits per heavy atom. The molecule has 0 unspecified atom stereocenters. The van der Waals surface area contributed by atoms with Crippen molar-refractivity contribution < 1.29 is 19.6 Å². The molecular formula is C17H13N5O5S. The number of nitro groups is 1. The average Bonchev–Trinajstić information content (AvgIpc) is 3.06. The van der Waals surface area contributed by atoms with Gasteiger partial charge in [0.2, 0.25) is 5.91 Å². The number of non-ortho nitro benzene ring substituents is 1. The molecular weight excluding hydrogens is 386 g/mol. The summed E-state index contributed by atoms with van der Waals surface area (Å²) in [6.07, 6.45) is 3.02. The second kappa shape index (κ2) is 8.31. The summed E-state index contributed by atoms with van der Waals surface area (Å²) >= 11 is 1.03. The Morgan fingerprint density at radius 2 is 2.04 bits per heavy atom. The van der Waals surface area contributed by atoms with Crippen molar-refractivity contribution in [1.29, 1.82) is 0 Å². The highest BCUT2D eigenvalue weighted by molar-refractivity contribution is 8.00. The molecule has 0 saturated heterocycles. The molecule has 2 N–H and O–H groups in total. The normalized spacial score (nSPS) is 11.0. The maximum Gasteiger partial charge on any atom is 0.357 e. The number of nitrogens with zero attached hydrogens (tertiary/aromatic N) is 4. The molecule has 1 amide bonds. The van der Waals surface area contributed by atoms with E-state index in [0.29, 0.717) is 16.2 Å². The summed E-state index contributed by atoms with van der Waals surface area (Å²) in [6, 6.07) is 10.8. The number of imidazole rings is 1. The van der Waals surface area contributed by atoms with Gasteiger partial charge < -0.3 is 5.11 Å². The van der Waals surface area contributed by atoms with Crippen LogP contribution in [0.25, 0.3) is 5.65 Å². The molecule has 0 spiro atoms. The van der Waals surface area contributed by atoms with Gasteiger partial charge in [0.05, 0.1) is 16.9 Å². The molecule has 2 heterocycles. The van der Waals surface area contributed by atoms with Crippen LogP contribution >= 0.6 is 11.8 Å². The van der Waals surface area contributed by atoms with Gasteiger partial charge in [-0.25, -0.2) is 15.2 Å². The predicted octanol–water partition coefficient (Wildman–Crippen LogP) is 2.18. The number of hydrogen-bond donors (Lipinski definition) is 2. The monoisotopic (exact) mass is 399 g/mol. The molecule has 0 saturated carbocycles. The number of benzene rings is 1. The van der Waals surface area contributed by atoms with E-state index in [0.717, 1.165) is 11.8 Å². The van der Waals surface area contributed by atoms with Crippen LogP contribution in [0.2, 0.25) is 0 Å². The number of pyridine rings is 1. The van der Waals surface area contributed by atoms with Gasteiger partial charge in [0.1, 0.15) is 10.7 Å². The first kappa shape index (κ1) is 19.0. The third-order valence-corrected chi connectivity index (χ3v) is 4.61. The minimum atomic E-state index is -1.18. The van der Waals surface area contributed by atoms with Gasteiger partial charge in [-0.1, -0.05) is 17.8 Å². The predicted molar refractivity (Wildman–Crippen MR) is 102 cm³/mol. The Balaban J connectivity index is 1.61. The van der Waals surface area contributed by atoms with Crippen molar-refractivity contribution >= 4 is 41.2 Å². The number of nitro benzene ring substituents is 1. The lowest BCUT2D eigenvalue weighted by molar-refractivity contribution is -0.384. The molecule has 2 aromatic heterocycles. The van der Waals surface area contributed by atoms with Crippen molar-refractivity contribution in [2.24, 2.45) is 5.10 Å². The van der Waals surface area contributed by atoms with E-state index in [1.807, 2.05) is 0 Å². The molecule has 0 aliphatic rings. The van der Waals surface area contributed by atoms with Crippen molar-refractivity contribution in [3.8, 4) is 0 Å². The summed E-state index contributed by atoms with van der Waals surface area (Å²) in [7, 11) is 0. The van der Waals surface area contributed by atoms with Gasteiger partial charge in [-0.2, -0.15) is 5.10 Å². The number of amides is 1. The Bertz CT molecular complexity index is 1080. The fourth-order valence-electron chi connectivity index (χ4n) is 2.28. The first-order valence-electron chi connectivity index (χ1n) is 7.85. The topological polar surface area (TPSA) is 139 Å². The van der Waals surface area contributed by atoms with Gasteiger partial charge in [-0.05, 0) is 29.8 Å². The molecule has 142 valence electrons. The lowest BCUT2D eigenvalue weighted by atomic mass is 10.2. The van der Waals surface area contributed by atoms with Crippen molar-refractivity contribution in [2.45, 2.75) is 5.03 Å². The lowest BCUT2D eigenvalue weighted by Crippen LogP contribution is -2.20. The smallest absolute Gasteiger partial charge is 0.357 e. The molecule has 3 rings (SSSR count). The molecule has 0 aliphatic carbocycles. The number of carboxylic acid groups (broad SMARTS) is 1. The van der Waals surface area contributed by atoms with E-state index in [2.05, 4.69) is 15.5 Å². The summed E-state index contributed by atoms with van der Waals surface area (Å²) in [5.74, 6) is -1.69. The number of hydrogen-bond acceptors (Lipinski definition) is 7. The number of aromatic nitrogens is 2. The van der Waals surface area contributed by atoms with Crippen molar-refractivity contribution in [3.05, 3.63) is 70.0 Å². The van der Waals surface area contributed by atoms with Gasteiger partial charge >= 0.3 is 5.97 Å². The minimum Gasteiger partial charge on any atom is -0.476 e. The van der Waals surface area contributed by atoms with E-state index >= 15 is 0 Å². The SMILES string of the molecule is O=C(CSc1c(C(=O)O)nc2ccccn12)N/N=C/c1ccc([N+](=O)[O-])cc1. The molecule has 0 atom stereocenters. The van der Waals surface area contributed by atoms with Crippen LogP contribution < -0.4 is 5.43 Å². The van der Waals surface area contributed by atoms with E-state index < -0.39 is 16.8 Å². The fourth-order valence-corrected chi connectivity index (χ4v) is 3.17. The number of hydrazone groups is 1. The molecule has 28 heavy (non-hydrogen) atoms. The Labute approximate surface area is 162 Å². The van der Waals surface area contributed by atoms with E-state index in [9.17, 15) is 24.8 Å². The highest BCUT2D eigenvalue weighted by Gasteiger charge is 2.19. The van der Waals surface area contributed by atoms with Gasteiger partial charge in [0, 0.05) is 18.3 Å². The zero-order valence-electron chi connectivity index (χ0n) is 14.2. The molecule has 1 aromatic carbocycles. The summed E-state index contributed by atoms with van der Waals surface area (Å²) < 4.78 is 1.60. The molecule has 0 radical (unpaired) electrons. The number of carbonyl (C=O) groups excluding carboxylic acids is 1. The van der Waals surface area contributed by atoms with Gasteiger partial charge in [0.15, 0.2) is 5.69 Å². The summed E-state index contributed by atoms with van der Waals surface area (Å²) in [6.45, 7) is 0. The molecule has 0 bridgehead atoms. The average molecular weight is 399 g/mol. The van der Waals surface area contributed by atoms with Crippen LogP contribution in [0.4, 0.5) is 5.69 Å². The Hall–Kier alpha value is -3.73. The largest absolute Gasteiger partial charge is 0.476 e. The molecule has 3 aromatic rings. The number of thioether (sulfide) groups is 1. The number of carbonyl (C=O) groups is 2. The van der Waals surface area contributed by atoms with Crippen molar-refractivity contribution in [1.82, 2.24) is 14.8 Å². The Morgan fingerprint density at radius 3 is 2.71 bits per heavy atom. The van der Waals surface area contributed by atoms with Crippen LogP contribution in [0.1, 0.15) is 16.1 Å². The maximum atomic E-state index is 12.0. The zero-order valence-corrected chi connectivity index (χ0v) is 15.0. The third kappa shape index (κ3) is 4.32. The quantitative estimate of drug-likeness (QED) is 0.269. The molecule has 11 heteroatoms. The summed E-state index contributed by atoms with van der Waals surface area (Å²) in [4.78, 5) is 37.5.